The summed E-state index contributed by atoms with van der Waals surface area (Å²) in [5.41, 5.74) is 2.06. The molecule has 3 aromatic carbocycles. The highest BCUT2D eigenvalue weighted by molar-refractivity contribution is 7.92. The van der Waals surface area contributed by atoms with Crippen molar-refractivity contribution >= 4 is 21.6 Å². The van der Waals surface area contributed by atoms with Crippen LogP contribution in [0.1, 0.15) is 29.3 Å². The average Bonchev–Trinajstić information content (AvgIpc) is 2.79. The van der Waals surface area contributed by atoms with Gasteiger partial charge in [0.25, 0.3) is 15.9 Å². The quantitative estimate of drug-likeness (QED) is 0.464. The molecule has 0 bridgehead atoms. The van der Waals surface area contributed by atoms with Crippen LogP contribution in [0.3, 0.4) is 0 Å². The summed E-state index contributed by atoms with van der Waals surface area (Å²) in [6.45, 7) is 3.15. The van der Waals surface area contributed by atoms with E-state index in [1.165, 1.54) is 17.7 Å². The SMILES string of the molecule is CCOc1ccc(CCCNC(=O)c2ccc(NS(=O)(=O)c3ccccc3)cc2)cc1. The molecule has 1 amide bonds. The Labute approximate surface area is 183 Å². The Hall–Kier alpha value is -3.32. The van der Waals surface area contributed by atoms with Crippen LogP contribution in [0.4, 0.5) is 5.69 Å². The second-order valence-corrected chi connectivity index (χ2v) is 8.61. The van der Waals surface area contributed by atoms with Gasteiger partial charge in [0, 0.05) is 17.8 Å². The highest BCUT2D eigenvalue weighted by Crippen LogP contribution is 2.17. The van der Waals surface area contributed by atoms with Crippen molar-refractivity contribution in [3.8, 4) is 5.75 Å². The molecular weight excluding hydrogens is 412 g/mol. The van der Waals surface area contributed by atoms with E-state index in [2.05, 4.69) is 10.0 Å². The van der Waals surface area contributed by atoms with E-state index < -0.39 is 10.0 Å². The van der Waals surface area contributed by atoms with Crippen LogP contribution in [0, 0.1) is 0 Å². The van der Waals surface area contributed by atoms with Gasteiger partial charge in [0.05, 0.1) is 11.5 Å². The Balaban J connectivity index is 1.46. The largest absolute Gasteiger partial charge is 0.494 e. The Kier molecular flexibility index (Phi) is 7.67. The minimum atomic E-state index is -3.65. The molecule has 0 saturated heterocycles. The summed E-state index contributed by atoms with van der Waals surface area (Å²) in [5.74, 6) is 0.665. The van der Waals surface area contributed by atoms with Crippen LogP contribution in [-0.2, 0) is 16.4 Å². The summed E-state index contributed by atoms with van der Waals surface area (Å²) in [7, 11) is -3.65. The monoisotopic (exact) mass is 438 g/mol. The van der Waals surface area contributed by atoms with Crippen LogP contribution < -0.4 is 14.8 Å². The zero-order chi connectivity index (χ0) is 22.1. The van der Waals surface area contributed by atoms with Crippen molar-refractivity contribution in [3.63, 3.8) is 0 Å². The number of hydrogen-bond donors (Lipinski definition) is 2. The molecule has 2 N–H and O–H groups in total. The molecule has 0 aromatic heterocycles. The molecule has 0 aliphatic carbocycles. The van der Waals surface area contributed by atoms with Crippen LogP contribution >= 0.6 is 0 Å². The molecule has 7 heteroatoms. The molecule has 0 saturated carbocycles. The highest BCUT2D eigenvalue weighted by Gasteiger charge is 2.13. The predicted molar refractivity (Wildman–Crippen MR) is 122 cm³/mol. The van der Waals surface area contributed by atoms with Crippen LogP contribution in [0.5, 0.6) is 5.75 Å². The number of carbonyl (C=O) groups is 1. The number of amides is 1. The summed E-state index contributed by atoms with van der Waals surface area (Å²) in [6.07, 6.45) is 1.67. The highest BCUT2D eigenvalue weighted by atomic mass is 32.2. The maximum absolute atomic E-state index is 12.4. The fourth-order valence-electron chi connectivity index (χ4n) is 3.02. The first-order chi connectivity index (χ1) is 15.0. The molecule has 6 nitrogen and oxygen atoms in total. The number of nitrogens with one attached hydrogen (secondary N) is 2. The molecule has 0 atom stereocenters. The van der Waals surface area contributed by atoms with Crippen molar-refractivity contribution in [1.82, 2.24) is 5.32 Å². The van der Waals surface area contributed by atoms with Crippen LogP contribution in [-0.4, -0.2) is 27.5 Å². The lowest BCUT2D eigenvalue weighted by molar-refractivity contribution is 0.0953. The topological polar surface area (TPSA) is 84.5 Å². The minimum Gasteiger partial charge on any atom is -0.494 e. The number of anilines is 1. The molecule has 0 aliphatic heterocycles. The summed E-state index contributed by atoms with van der Waals surface area (Å²) in [4.78, 5) is 12.5. The van der Waals surface area contributed by atoms with E-state index in [1.54, 1.807) is 42.5 Å². The standard InChI is InChI=1S/C24H26N2O4S/c1-2-30-22-16-10-19(11-17-22)7-6-18-25-24(27)20-12-14-21(15-13-20)26-31(28,29)23-8-4-3-5-9-23/h3-5,8-17,26H,2,6-7,18H2,1H3,(H,25,27). The van der Waals surface area contributed by atoms with Gasteiger partial charge in [-0.25, -0.2) is 8.42 Å². The zero-order valence-electron chi connectivity index (χ0n) is 17.4. The number of sulfonamides is 1. The zero-order valence-corrected chi connectivity index (χ0v) is 18.2. The minimum absolute atomic E-state index is 0.185. The molecule has 31 heavy (non-hydrogen) atoms. The van der Waals surface area contributed by atoms with Gasteiger partial charge in [-0.05, 0) is 73.9 Å². The van der Waals surface area contributed by atoms with Gasteiger partial charge in [0.1, 0.15) is 5.75 Å². The Morgan fingerprint density at radius 1 is 0.903 bits per heavy atom. The fraction of sp³-hybridized carbons (Fsp3) is 0.208. The van der Waals surface area contributed by atoms with Crippen molar-refractivity contribution in [1.29, 1.82) is 0 Å². The maximum Gasteiger partial charge on any atom is 0.261 e. The average molecular weight is 439 g/mol. The molecule has 0 radical (unpaired) electrons. The lowest BCUT2D eigenvalue weighted by atomic mass is 10.1. The molecule has 0 spiro atoms. The van der Waals surface area contributed by atoms with Crippen molar-refractivity contribution in [2.24, 2.45) is 0 Å². The number of rotatable bonds is 10. The first-order valence-electron chi connectivity index (χ1n) is 10.2. The molecule has 0 aliphatic rings. The van der Waals surface area contributed by atoms with E-state index in [4.69, 9.17) is 4.74 Å². The van der Waals surface area contributed by atoms with Crippen molar-refractivity contribution in [2.45, 2.75) is 24.7 Å². The summed E-state index contributed by atoms with van der Waals surface area (Å²) >= 11 is 0. The smallest absolute Gasteiger partial charge is 0.261 e. The van der Waals surface area contributed by atoms with E-state index in [0.29, 0.717) is 24.4 Å². The van der Waals surface area contributed by atoms with Gasteiger partial charge in [0.15, 0.2) is 0 Å². The summed E-state index contributed by atoms with van der Waals surface area (Å²) in [5, 5.41) is 2.89. The number of ether oxygens (including phenoxy) is 1. The fourth-order valence-corrected chi connectivity index (χ4v) is 4.10. The van der Waals surface area contributed by atoms with Crippen LogP contribution in [0.2, 0.25) is 0 Å². The maximum atomic E-state index is 12.4. The third-order valence-corrected chi connectivity index (χ3v) is 6.01. The van der Waals surface area contributed by atoms with Crippen molar-refractivity contribution in [2.75, 3.05) is 17.9 Å². The first kappa shape index (κ1) is 22.4. The molecule has 3 rings (SSSR count). The van der Waals surface area contributed by atoms with E-state index in [1.807, 2.05) is 31.2 Å². The predicted octanol–water partition coefficient (Wildman–Crippen LogP) is 4.25. The van der Waals surface area contributed by atoms with Gasteiger partial charge < -0.3 is 10.1 Å². The van der Waals surface area contributed by atoms with Gasteiger partial charge in [-0.1, -0.05) is 30.3 Å². The van der Waals surface area contributed by atoms with E-state index in [0.717, 1.165) is 18.6 Å². The molecular formula is C24H26N2O4S. The summed E-state index contributed by atoms with van der Waals surface area (Å²) < 4.78 is 32.7. The third kappa shape index (κ3) is 6.58. The number of aryl methyl sites for hydroxylation is 1. The van der Waals surface area contributed by atoms with Crippen molar-refractivity contribution in [3.05, 3.63) is 90.0 Å². The van der Waals surface area contributed by atoms with Crippen LogP contribution in [0.15, 0.2) is 83.8 Å². The number of benzene rings is 3. The molecule has 0 heterocycles. The normalized spacial score (nSPS) is 11.0. The van der Waals surface area contributed by atoms with Gasteiger partial charge in [0.2, 0.25) is 0 Å². The van der Waals surface area contributed by atoms with E-state index in [9.17, 15) is 13.2 Å². The molecule has 0 unspecified atom stereocenters. The summed E-state index contributed by atoms with van der Waals surface area (Å²) in [6, 6.07) is 22.5. The van der Waals surface area contributed by atoms with Crippen LogP contribution in [0.25, 0.3) is 0 Å². The van der Waals surface area contributed by atoms with Gasteiger partial charge in [-0.2, -0.15) is 0 Å². The molecule has 162 valence electrons. The van der Waals surface area contributed by atoms with E-state index >= 15 is 0 Å². The van der Waals surface area contributed by atoms with Gasteiger partial charge in [-0.15, -0.1) is 0 Å². The Morgan fingerprint density at radius 3 is 2.23 bits per heavy atom. The number of carbonyl (C=O) groups excluding carboxylic acids is 1. The second kappa shape index (κ2) is 10.6. The third-order valence-electron chi connectivity index (χ3n) is 4.61. The Morgan fingerprint density at radius 2 is 1.58 bits per heavy atom. The van der Waals surface area contributed by atoms with Gasteiger partial charge >= 0.3 is 0 Å². The molecule has 3 aromatic rings. The lowest BCUT2D eigenvalue weighted by Crippen LogP contribution is -2.24. The second-order valence-electron chi connectivity index (χ2n) is 6.93. The molecule has 0 fully saturated rings. The lowest BCUT2D eigenvalue weighted by Gasteiger charge is -2.09. The van der Waals surface area contributed by atoms with Gasteiger partial charge in [-0.3, -0.25) is 9.52 Å². The van der Waals surface area contributed by atoms with E-state index in [-0.39, 0.29) is 10.8 Å². The Bertz CT molecular complexity index is 1080. The number of hydrogen-bond acceptors (Lipinski definition) is 4. The first-order valence-corrected chi connectivity index (χ1v) is 11.6. The van der Waals surface area contributed by atoms with Crippen molar-refractivity contribution < 1.29 is 17.9 Å².